The summed E-state index contributed by atoms with van der Waals surface area (Å²) >= 11 is 0. The SMILES string of the molecule is CN(C)c1ccc(C(=O)NCCc2c3c(n4ccccc24)C(=O)CCC3)cc1. The molecule has 1 aromatic carbocycles. The van der Waals surface area contributed by atoms with Crippen LogP contribution in [0.3, 0.4) is 0 Å². The van der Waals surface area contributed by atoms with Gasteiger partial charge in [0.25, 0.3) is 5.91 Å². The molecule has 3 aromatic rings. The van der Waals surface area contributed by atoms with Gasteiger partial charge in [0.05, 0.1) is 5.69 Å². The number of Topliss-reactive ketones (excluding diaryl/α,β-unsaturated/α-hetero) is 1. The predicted octanol–water partition coefficient (Wildman–Crippen LogP) is 3.50. The van der Waals surface area contributed by atoms with Gasteiger partial charge in [-0.05, 0) is 66.8 Å². The number of hydrogen-bond donors (Lipinski definition) is 1. The molecular formula is C23H25N3O2. The van der Waals surface area contributed by atoms with Gasteiger partial charge in [-0.3, -0.25) is 9.59 Å². The first kappa shape index (κ1) is 18.3. The Bertz CT molecular complexity index is 1030. The summed E-state index contributed by atoms with van der Waals surface area (Å²) in [6.45, 7) is 0.545. The lowest BCUT2D eigenvalue weighted by Crippen LogP contribution is -2.26. The van der Waals surface area contributed by atoms with Gasteiger partial charge < -0.3 is 14.6 Å². The second-order valence-corrected chi connectivity index (χ2v) is 7.49. The van der Waals surface area contributed by atoms with Gasteiger partial charge in [-0.2, -0.15) is 0 Å². The molecule has 0 spiro atoms. The van der Waals surface area contributed by atoms with Crippen molar-refractivity contribution in [2.75, 3.05) is 25.5 Å². The first-order valence-electron chi connectivity index (χ1n) is 9.76. The zero-order chi connectivity index (χ0) is 19.7. The van der Waals surface area contributed by atoms with E-state index in [1.54, 1.807) is 0 Å². The van der Waals surface area contributed by atoms with E-state index in [4.69, 9.17) is 0 Å². The number of aromatic nitrogens is 1. The van der Waals surface area contributed by atoms with Crippen molar-refractivity contribution in [3.63, 3.8) is 0 Å². The van der Waals surface area contributed by atoms with Gasteiger partial charge in [0.15, 0.2) is 5.78 Å². The molecule has 0 fully saturated rings. The molecule has 0 radical (unpaired) electrons. The summed E-state index contributed by atoms with van der Waals surface area (Å²) in [7, 11) is 3.95. The maximum Gasteiger partial charge on any atom is 0.251 e. The third-order valence-corrected chi connectivity index (χ3v) is 5.46. The summed E-state index contributed by atoms with van der Waals surface area (Å²) in [5, 5.41) is 3.02. The summed E-state index contributed by atoms with van der Waals surface area (Å²) < 4.78 is 2.02. The quantitative estimate of drug-likeness (QED) is 0.743. The van der Waals surface area contributed by atoms with Crippen LogP contribution in [0.1, 0.15) is 44.8 Å². The van der Waals surface area contributed by atoms with E-state index in [2.05, 4.69) is 11.4 Å². The van der Waals surface area contributed by atoms with Crippen LogP contribution in [0.15, 0.2) is 48.7 Å². The normalized spacial score (nSPS) is 13.4. The van der Waals surface area contributed by atoms with Gasteiger partial charge >= 0.3 is 0 Å². The van der Waals surface area contributed by atoms with E-state index < -0.39 is 0 Å². The minimum absolute atomic E-state index is 0.0706. The van der Waals surface area contributed by atoms with Crippen LogP contribution in [0.5, 0.6) is 0 Å². The number of benzene rings is 1. The highest BCUT2D eigenvalue weighted by Crippen LogP contribution is 2.30. The molecule has 0 aliphatic heterocycles. The van der Waals surface area contributed by atoms with Crippen LogP contribution in [0, 0.1) is 0 Å². The Morgan fingerprint density at radius 3 is 2.64 bits per heavy atom. The zero-order valence-electron chi connectivity index (χ0n) is 16.4. The number of amides is 1. The Morgan fingerprint density at radius 2 is 1.89 bits per heavy atom. The van der Waals surface area contributed by atoms with Crippen molar-refractivity contribution >= 4 is 22.9 Å². The Kier molecular flexibility index (Phi) is 4.90. The van der Waals surface area contributed by atoms with Crippen molar-refractivity contribution < 1.29 is 9.59 Å². The van der Waals surface area contributed by atoms with Gasteiger partial charge in [-0.1, -0.05) is 6.07 Å². The Balaban J connectivity index is 1.50. The van der Waals surface area contributed by atoms with Crippen molar-refractivity contribution in [1.82, 2.24) is 9.72 Å². The predicted molar refractivity (Wildman–Crippen MR) is 111 cm³/mol. The fourth-order valence-electron chi connectivity index (χ4n) is 4.04. The largest absolute Gasteiger partial charge is 0.378 e. The van der Waals surface area contributed by atoms with Crippen LogP contribution < -0.4 is 10.2 Å². The fourth-order valence-corrected chi connectivity index (χ4v) is 4.04. The number of nitrogens with zero attached hydrogens (tertiary/aromatic N) is 2. The molecule has 5 heteroatoms. The third-order valence-electron chi connectivity index (χ3n) is 5.46. The maximum absolute atomic E-state index is 12.5. The highest BCUT2D eigenvalue weighted by molar-refractivity contribution is 5.99. The van der Waals surface area contributed by atoms with Crippen LogP contribution in [0.25, 0.3) is 5.52 Å². The molecule has 0 bridgehead atoms. The number of anilines is 1. The fraction of sp³-hybridized carbons (Fsp3) is 0.304. The molecule has 1 amide bonds. The van der Waals surface area contributed by atoms with Crippen LogP contribution in [-0.2, 0) is 12.8 Å². The molecule has 0 saturated heterocycles. The molecule has 2 heterocycles. The minimum atomic E-state index is -0.0706. The molecule has 1 aliphatic carbocycles. The molecule has 1 N–H and O–H groups in total. The van der Waals surface area contributed by atoms with E-state index in [9.17, 15) is 9.59 Å². The molecule has 2 aromatic heterocycles. The van der Waals surface area contributed by atoms with Gasteiger partial charge in [-0.15, -0.1) is 0 Å². The van der Waals surface area contributed by atoms with Crippen LogP contribution >= 0.6 is 0 Å². The molecular weight excluding hydrogens is 350 g/mol. The lowest BCUT2D eigenvalue weighted by molar-refractivity contribution is 0.0949. The first-order valence-corrected chi connectivity index (χ1v) is 9.76. The Hall–Kier alpha value is -3.08. The van der Waals surface area contributed by atoms with E-state index in [1.807, 2.05) is 66.0 Å². The molecule has 5 nitrogen and oxygen atoms in total. The van der Waals surface area contributed by atoms with Gasteiger partial charge in [0, 0.05) is 50.0 Å². The maximum atomic E-state index is 12.5. The molecule has 0 saturated carbocycles. The molecule has 0 atom stereocenters. The summed E-state index contributed by atoms with van der Waals surface area (Å²) in [6.07, 6.45) is 5.13. The lowest BCUT2D eigenvalue weighted by Gasteiger charge is -2.13. The lowest BCUT2D eigenvalue weighted by atomic mass is 9.92. The third kappa shape index (κ3) is 3.28. The zero-order valence-corrected chi connectivity index (χ0v) is 16.4. The molecule has 28 heavy (non-hydrogen) atoms. The topological polar surface area (TPSA) is 53.8 Å². The van der Waals surface area contributed by atoms with Crippen LogP contribution in [0.4, 0.5) is 5.69 Å². The smallest absolute Gasteiger partial charge is 0.251 e. The number of fused-ring (bicyclic) bond motifs is 3. The van der Waals surface area contributed by atoms with Crippen molar-refractivity contribution in [1.29, 1.82) is 0 Å². The van der Waals surface area contributed by atoms with Gasteiger partial charge in [-0.25, -0.2) is 0 Å². The summed E-state index contributed by atoms with van der Waals surface area (Å²) in [4.78, 5) is 26.9. The minimum Gasteiger partial charge on any atom is -0.378 e. The van der Waals surface area contributed by atoms with E-state index in [0.29, 0.717) is 18.5 Å². The number of pyridine rings is 1. The number of hydrogen-bond acceptors (Lipinski definition) is 3. The highest BCUT2D eigenvalue weighted by atomic mass is 16.1. The molecule has 4 rings (SSSR count). The van der Waals surface area contributed by atoms with Gasteiger partial charge in [0.2, 0.25) is 0 Å². The van der Waals surface area contributed by atoms with Gasteiger partial charge in [0.1, 0.15) is 0 Å². The monoisotopic (exact) mass is 375 g/mol. The van der Waals surface area contributed by atoms with E-state index >= 15 is 0 Å². The molecule has 0 unspecified atom stereocenters. The van der Waals surface area contributed by atoms with Crippen molar-refractivity contribution in [2.24, 2.45) is 0 Å². The van der Waals surface area contributed by atoms with Crippen molar-refractivity contribution in [3.8, 4) is 0 Å². The highest BCUT2D eigenvalue weighted by Gasteiger charge is 2.25. The Labute approximate surface area is 165 Å². The number of rotatable bonds is 5. The molecule has 1 aliphatic rings. The number of carbonyl (C=O) groups excluding carboxylic acids is 2. The van der Waals surface area contributed by atoms with Crippen molar-refractivity contribution in [2.45, 2.75) is 25.7 Å². The number of ketones is 1. The number of nitrogens with one attached hydrogen (secondary N) is 1. The summed E-state index contributed by atoms with van der Waals surface area (Å²) in [5.41, 5.74) is 5.98. The summed E-state index contributed by atoms with van der Waals surface area (Å²) in [5.74, 6) is 0.150. The second kappa shape index (κ2) is 7.50. The second-order valence-electron chi connectivity index (χ2n) is 7.49. The van der Waals surface area contributed by atoms with E-state index in [-0.39, 0.29) is 11.7 Å². The van der Waals surface area contributed by atoms with Crippen LogP contribution in [-0.4, -0.2) is 36.7 Å². The summed E-state index contributed by atoms with van der Waals surface area (Å²) in [6, 6.07) is 13.6. The van der Waals surface area contributed by atoms with E-state index in [1.165, 1.54) is 5.56 Å². The van der Waals surface area contributed by atoms with E-state index in [0.717, 1.165) is 41.7 Å². The first-order chi connectivity index (χ1) is 13.6. The van der Waals surface area contributed by atoms with Crippen LogP contribution in [0.2, 0.25) is 0 Å². The number of carbonyl (C=O) groups is 2. The standard InChI is InChI=1S/C23H25N3O2/c1-25(2)17-11-9-16(10-12-17)23(28)24-14-13-18-19-6-5-8-21(27)22(19)26-15-4-3-7-20(18)26/h3-4,7,9-12,15H,5-6,8,13-14H2,1-2H3,(H,24,28). The molecule has 144 valence electrons. The average molecular weight is 375 g/mol. The average Bonchev–Trinajstić information content (AvgIpc) is 3.03. The Morgan fingerprint density at radius 1 is 1.11 bits per heavy atom. The van der Waals surface area contributed by atoms with Crippen molar-refractivity contribution in [3.05, 3.63) is 71.0 Å².